The van der Waals surface area contributed by atoms with Crippen molar-refractivity contribution in [2.24, 2.45) is 5.73 Å². The van der Waals surface area contributed by atoms with Gasteiger partial charge < -0.3 is 20.1 Å². The average Bonchev–Trinajstić information content (AvgIpc) is 3.24. The Morgan fingerprint density at radius 1 is 1.36 bits per heavy atom. The van der Waals surface area contributed by atoms with E-state index in [-0.39, 0.29) is 5.69 Å². The van der Waals surface area contributed by atoms with E-state index in [1.54, 1.807) is 48.9 Å². The molecule has 0 unspecified atom stereocenters. The van der Waals surface area contributed by atoms with Gasteiger partial charge in [-0.2, -0.15) is 5.10 Å². The number of rotatable bonds is 2. The van der Waals surface area contributed by atoms with Gasteiger partial charge in [-0.25, -0.2) is 4.68 Å². The van der Waals surface area contributed by atoms with Gasteiger partial charge in [-0.3, -0.25) is 4.79 Å². The number of carbonyl (C=O) groups is 1. The van der Waals surface area contributed by atoms with E-state index in [9.17, 15) is 9.90 Å². The highest BCUT2D eigenvalue weighted by molar-refractivity contribution is 5.91. The summed E-state index contributed by atoms with van der Waals surface area (Å²) in [6.07, 6.45) is 0.593. The van der Waals surface area contributed by atoms with Crippen LogP contribution in [0.1, 0.15) is 40.1 Å². The van der Waals surface area contributed by atoms with Crippen molar-refractivity contribution in [1.29, 1.82) is 0 Å². The summed E-state index contributed by atoms with van der Waals surface area (Å²) in [4.78, 5) is 11.5. The van der Waals surface area contributed by atoms with E-state index in [4.69, 9.17) is 15.0 Å². The molecule has 0 saturated heterocycles. The highest BCUT2D eigenvalue weighted by Gasteiger charge is 2.24. The van der Waals surface area contributed by atoms with Crippen molar-refractivity contribution < 1.29 is 19.2 Å². The molecule has 4 rings (SSSR count). The molecule has 1 aliphatic heterocycles. The number of nitrogens with two attached hydrogens (primary N) is 1. The first-order valence-electron chi connectivity index (χ1n) is 8.69. The van der Waals surface area contributed by atoms with Gasteiger partial charge in [0.05, 0.1) is 6.61 Å². The second-order valence-corrected chi connectivity index (χ2v) is 6.72. The van der Waals surface area contributed by atoms with Crippen LogP contribution in [0.2, 0.25) is 0 Å². The zero-order chi connectivity index (χ0) is 19.9. The monoisotopic (exact) mass is 378 g/mol. The molecule has 3 heterocycles. The van der Waals surface area contributed by atoms with Gasteiger partial charge in [0.1, 0.15) is 22.9 Å². The molecule has 0 aliphatic carbocycles. The topological polar surface area (TPSA) is 116 Å². The van der Waals surface area contributed by atoms with Gasteiger partial charge in [0.15, 0.2) is 11.3 Å². The lowest BCUT2D eigenvalue weighted by molar-refractivity contribution is 0.0995. The van der Waals surface area contributed by atoms with E-state index in [0.29, 0.717) is 41.5 Å². The molecule has 0 bridgehead atoms. The molecular formula is C20H18N4O4. The zero-order valence-electron chi connectivity index (χ0n) is 15.4. The number of aliphatic hydroxyl groups is 1. The summed E-state index contributed by atoms with van der Waals surface area (Å²) < 4.78 is 12.4. The first-order valence-corrected chi connectivity index (χ1v) is 8.69. The maximum Gasteiger partial charge on any atom is 0.269 e. The Morgan fingerprint density at radius 2 is 2.18 bits per heavy atom. The first kappa shape index (κ1) is 17.8. The summed E-state index contributed by atoms with van der Waals surface area (Å²) >= 11 is 0. The minimum Gasteiger partial charge on any atom is -0.491 e. The van der Waals surface area contributed by atoms with E-state index in [2.05, 4.69) is 22.1 Å². The van der Waals surface area contributed by atoms with Crippen LogP contribution < -0.4 is 10.5 Å². The van der Waals surface area contributed by atoms with Crippen LogP contribution >= 0.6 is 0 Å². The van der Waals surface area contributed by atoms with Crippen LogP contribution in [0, 0.1) is 18.8 Å². The lowest BCUT2D eigenvalue weighted by Crippen LogP contribution is -2.18. The smallest absolute Gasteiger partial charge is 0.269 e. The SMILES string of the molecule is Cc1cc([C@](C)(O)C#Cc2ccc3c(c2)-n2nc(C(N)=O)cc2CCO3)no1. The molecule has 2 aromatic heterocycles. The Kier molecular flexibility index (Phi) is 4.17. The molecule has 0 spiro atoms. The number of fused-ring (bicyclic) bond motifs is 3. The highest BCUT2D eigenvalue weighted by Crippen LogP contribution is 2.29. The predicted molar refractivity (Wildman–Crippen MR) is 99.0 cm³/mol. The number of primary amides is 1. The zero-order valence-corrected chi connectivity index (χ0v) is 15.4. The second kappa shape index (κ2) is 6.55. The largest absolute Gasteiger partial charge is 0.491 e. The van der Waals surface area contributed by atoms with Crippen molar-refractivity contribution in [3.05, 3.63) is 58.7 Å². The number of hydrogen-bond donors (Lipinski definition) is 2. The summed E-state index contributed by atoms with van der Waals surface area (Å²) in [7, 11) is 0. The van der Waals surface area contributed by atoms with Gasteiger partial charge in [0.25, 0.3) is 5.91 Å². The van der Waals surface area contributed by atoms with Crippen LogP contribution in [-0.2, 0) is 12.0 Å². The highest BCUT2D eigenvalue weighted by atomic mass is 16.5. The quantitative estimate of drug-likeness (QED) is 0.652. The Balaban J connectivity index is 1.73. The predicted octanol–water partition coefficient (Wildman–Crippen LogP) is 1.46. The van der Waals surface area contributed by atoms with E-state index in [1.807, 2.05) is 0 Å². The van der Waals surface area contributed by atoms with Crippen LogP contribution in [0.5, 0.6) is 5.75 Å². The Bertz CT molecular complexity index is 1130. The summed E-state index contributed by atoms with van der Waals surface area (Å²) in [6.45, 7) is 3.76. The summed E-state index contributed by atoms with van der Waals surface area (Å²) in [5, 5.41) is 18.7. The summed E-state index contributed by atoms with van der Waals surface area (Å²) in [5.41, 5.74) is 6.56. The van der Waals surface area contributed by atoms with Crippen LogP contribution in [0.3, 0.4) is 0 Å². The average molecular weight is 378 g/mol. The molecule has 3 aromatic rings. The minimum atomic E-state index is -1.46. The molecular weight excluding hydrogens is 360 g/mol. The third-order valence-corrected chi connectivity index (χ3v) is 4.42. The van der Waals surface area contributed by atoms with Crippen molar-refractivity contribution in [3.8, 4) is 23.3 Å². The third-order valence-electron chi connectivity index (χ3n) is 4.42. The van der Waals surface area contributed by atoms with Crippen LogP contribution in [0.25, 0.3) is 5.69 Å². The van der Waals surface area contributed by atoms with Crippen LogP contribution in [-0.4, -0.2) is 32.6 Å². The number of ether oxygens (including phenoxy) is 1. The van der Waals surface area contributed by atoms with Crippen molar-refractivity contribution >= 4 is 5.91 Å². The number of aryl methyl sites for hydroxylation is 1. The Labute approximate surface area is 160 Å². The maximum absolute atomic E-state index is 11.5. The molecule has 8 heteroatoms. The van der Waals surface area contributed by atoms with Gasteiger partial charge >= 0.3 is 0 Å². The van der Waals surface area contributed by atoms with E-state index in [0.717, 1.165) is 5.69 Å². The molecule has 1 aromatic carbocycles. The molecule has 0 saturated carbocycles. The van der Waals surface area contributed by atoms with Gasteiger partial charge in [0, 0.05) is 23.7 Å². The fraction of sp³-hybridized carbons (Fsp3) is 0.250. The molecule has 0 fully saturated rings. The fourth-order valence-electron chi connectivity index (χ4n) is 2.93. The first-order chi connectivity index (χ1) is 13.3. The van der Waals surface area contributed by atoms with Gasteiger partial charge in [-0.05, 0) is 38.1 Å². The van der Waals surface area contributed by atoms with Crippen molar-refractivity contribution in [2.75, 3.05) is 6.61 Å². The molecule has 0 radical (unpaired) electrons. The van der Waals surface area contributed by atoms with Crippen molar-refractivity contribution in [1.82, 2.24) is 14.9 Å². The molecule has 142 valence electrons. The number of hydrogen-bond acceptors (Lipinski definition) is 6. The van der Waals surface area contributed by atoms with Gasteiger partial charge in [-0.1, -0.05) is 17.0 Å². The van der Waals surface area contributed by atoms with Crippen LogP contribution in [0.15, 0.2) is 34.9 Å². The van der Waals surface area contributed by atoms with E-state index in [1.165, 1.54) is 0 Å². The van der Waals surface area contributed by atoms with E-state index >= 15 is 0 Å². The molecule has 1 amide bonds. The molecule has 1 atom stereocenters. The fourth-order valence-corrected chi connectivity index (χ4v) is 2.93. The molecule has 28 heavy (non-hydrogen) atoms. The standard InChI is InChI=1S/C20H18N4O4/c1-12-9-18(23-28-12)20(2,26)7-5-13-3-4-17-16(10-13)24-14(6-8-27-17)11-15(22-24)19(21)25/h3-4,9-11,26H,6,8H2,1-2H3,(H2,21,25)/t20-/m1/s1. The summed E-state index contributed by atoms with van der Waals surface area (Å²) in [6, 6.07) is 8.67. The number of nitrogens with zero attached hydrogens (tertiary/aromatic N) is 3. The van der Waals surface area contributed by atoms with E-state index < -0.39 is 11.5 Å². The number of aromatic nitrogens is 3. The van der Waals surface area contributed by atoms with Gasteiger partial charge in [0.2, 0.25) is 0 Å². The lowest BCUT2D eigenvalue weighted by atomic mass is 10.0. The van der Waals surface area contributed by atoms with Crippen LogP contribution in [0.4, 0.5) is 0 Å². The number of benzene rings is 1. The molecule has 3 N–H and O–H groups in total. The van der Waals surface area contributed by atoms with Crippen molar-refractivity contribution in [3.63, 3.8) is 0 Å². The Morgan fingerprint density at radius 3 is 2.89 bits per heavy atom. The minimum absolute atomic E-state index is 0.198. The molecule has 8 nitrogen and oxygen atoms in total. The summed E-state index contributed by atoms with van der Waals surface area (Å²) in [5.74, 6) is 6.40. The lowest BCUT2D eigenvalue weighted by Gasteiger charge is -2.12. The maximum atomic E-state index is 11.5. The number of amides is 1. The Hall–Kier alpha value is -3.57. The number of carbonyl (C=O) groups excluding carboxylic acids is 1. The third kappa shape index (κ3) is 3.23. The van der Waals surface area contributed by atoms with Gasteiger partial charge in [-0.15, -0.1) is 0 Å². The normalized spacial score (nSPS) is 14.5. The second-order valence-electron chi connectivity index (χ2n) is 6.72. The van der Waals surface area contributed by atoms with Crippen molar-refractivity contribution in [2.45, 2.75) is 25.9 Å². The molecule has 1 aliphatic rings.